The first-order valence-electron chi connectivity index (χ1n) is 8.52. The standard InChI is InChI=1S/C22H22N2O2/c1-15-7-12-19(13-16(15)2)23-14-17-8-10-18(11-9-17)22(26)24-20-5-3-4-6-21(20)25/h3-13,23,25H,14H2,1-2H3,(H,24,26). The number of para-hydroxylation sites is 2. The number of aromatic hydroxyl groups is 1. The number of anilines is 2. The summed E-state index contributed by atoms with van der Waals surface area (Å²) in [5.41, 5.74) is 5.64. The van der Waals surface area contributed by atoms with Crippen LogP contribution in [0.5, 0.6) is 5.75 Å². The summed E-state index contributed by atoms with van der Waals surface area (Å²) in [4.78, 5) is 12.3. The number of phenolic OH excluding ortho intramolecular Hbond substituents is 1. The highest BCUT2D eigenvalue weighted by atomic mass is 16.3. The fraction of sp³-hybridized carbons (Fsp3) is 0.136. The number of carbonyl (C=O) groups excluding carboxylic acids is 1. The molecule has 3 aromatic rings. The van der Waals surface area contributed by atoms with E-state index in [0.29, 0.717) is 17.8 Å². The van der Waals surface area contributed by atoms with E-state index in [2.05, 4.69) is 42.7 Å². The van der Waals surface area contributed by atoms with E-state index in [-0.39, 0.29) is 11.7 Å². The molecule has 4 nitrogen and oxygen atoms in total. The minimum atomic E-state index is -0.250. The van der Waals surface area contributed by atoms with Gasteiger partial charge in [0.1, 0.15) is 5.75 Å². The van der Waals surface area contributed by atoms with Gasteiger partial charge in [-0.15, -0.1) is 0 Å². The minimum absolute atomic E-state index is 0.0510. The Morgan fingerprint density at radius 2 is 1.65 bits per heavy atom. The number of hydrogen-bond acceptors (Lipinski definition) is 3. The maximum Gasteiger partial charge on any atom is 0.255 e. The lowest BCUT2D eigenvalue weighted by Crippen LogP contribution is -2.12. The van der Waals surface area contributed by atoms with E-state index in [0.717, 1.165) is 11.3 Å². The molecule has 0 aliphatic carbocycles. The number of benzene rings is 3. The van der Waals surface area contributed by atoms with Gasteiger partial charge in [-0.05, 0) is 66.9 Å². The molecule has 3 aromatic carbocycles. The molecule has 0 saturated heterocycles. The topological polar surface area (TPSA) is 61.4 Å². The molecule has 0 fully saturated rings. The average Bonchev–Trinajstić information content (AvgIpc) is 2.65. The second-order valence-corrected chi connectivity index (χ2v) is 6.32. The van der Waals surface area contributed by atoms with Gasteiger partial charge in [0, 0.05) is 17.8 Å². The van der Waals surface area contributed by atoms with Crippen molar-refractivity contribution in [3.63, 3.8) is 0 Å². The van der Waals surface area contributed by atoms with Gasteiger partial charge in [0.25, 0.3) is 5.91 Å². The second kappa shape index (κ2) is 7.74. The molecule has 0 aliphatic rings. The lowest BCUT2D eigenvalue weighted by molar-refractivity contribution is 0.102. The molecule has 0 saturated carbocycles. The summed E-state index contributed by atoms with van der Waals surface area (Å²) in [5, 5.41) is 15.8. The molecule has 0 aliphatic heterocycles. The third-order valence-corrected chi connectivity index (χ3v) is 4.37. The van der Waals surface area contributed by atoms with Crippen LogP contribution in [0, 0.1) is 13.8 Å². The van der Waals surface area contributed by atoms with Crippen molar-refractivity contribution in [1.29, 1.82) is 0 Å². The number of rotatable bonds is 5. The van der Waals surface area contributed by atoms with Crippen LogP contribution in [-0.2, 0) is 6.54 Å². The molecule has 132 valence electrons. The summed E-state index contributed by atoms with van der Waals surface area (Å²) in [6, 6.07) is 20.4. The maximum atomic E-state index is 12.3. The molecular weight excluding hydrogens is 324 g/mol. The SMILES string of the molecule is Cc1ccc(NCc2ccc(C(=O)Nc3ccccc3O)cc2)cc1C. The smallest absolute Gasteiger partial charge is 0.255 e. The molecule has 0 atom stereocenters. The minimum Gasteiger partial charge on any atom is -0.506 e. The number of phenols is 1. The molecular formula is C22H22N2O2. The summed E-state index contributed by atoms with van der Waals surface area (Å²) in [5.74, 6) is -0.199. The van der Waals surface area contributed by atoms with Crippen LogP contribution in [-0.4, -0.2) is 11.0 Å². The zero-order valence-electron chi connectivity index (χ0n) is 14.9. The van der Waals surface area contributed by atoms with Crippen molar-refractivity contribution in [1.82, 2.24) is 0 Å². The Labute approximate surface area is 153 Å². The van der Waals surface area contributed by atoms with Crippen LogP contribution in [0.3, 0.4) is 0 Å². The largest absolute Gasteiger partial charge is 0.506 e. The first-order chi connectivity index (χ1) is 12.5. The monoisotopic (exact) mass is 346 g/mol. The number of amides is 1. The van der Waals surface area contributed by atoms with Gasteiger partial charge in [0.05, 0.1) is 5.69 Å². The number of aryl methyl sites for hydroxylation is 2. The van der Waals surface area contributed by atoms with Crippen molar-refractivity contribution in [3.8, 4) is 5.75 Å². The maximum absolute atomic E-state index is 12.3. The van der Waals surface area contributed by atoms with Crippen LogP contribution in [0.2, 0.25) is 0 Å². The summed E-state index contributed by atoms with van der Waals surface area (Å²) < 4.78 is 0. The normalized spacial score (nSPS) is 10.4. The summed E-state index contributed by atoms with van der Waals surface area (Å²) >= 11 is 0. The Balaban J connectivity index is 1.61. The fourth-order valence-corrected chi connectivity index (χ4v) is 2.60. The summed E-state index contributed by atoms with van der Waals surface area (Å²) in [6.07, 6.45) is 0. The Bertz CT molecular complexity index is 918. The third-order valence-electron chi connectivity index (χ3n) is 4.37. The highest BCUT2D eigenvalue weighted by Crippen LogP contribution is 2.22. The van der Waals surface area contributed by atoms with Crippen molar-refractivity contribution < 1.29 is 9.90 Å². The first-order valence-corrected chi connectivity index (χ1v) is 8.52. The molecule has 0 bridgehead atoms. The van der Waals surface area contributed by atoms with Crippen molar-refractivity contribution >= 4 is 17.3 Å². The Morgan fingerprint density at radius 1 is 0.923 bits per heavy atom. The van der Waals surface area contributed by atoms with Crippen molar-refractivity contribution in [2.75, 3.05) is 10.6 Å². The molecule has 0 heterocycles. The molecule has 0 spiro atoms. The van der Waals surface area contributed by atoms with Crippen LogP contribution >= 0.6 is 0 Å². The molecule has 26 heavy (non-hydrogen) atoms. The van der Waals surface area contributed by atoms with E-state index in [4.69, 9.17) is 0 Å². The molecule has 0 aromatic heterocycles. The van der Waals surface area contributed by atoms with Gasteiger partial charge in [0.15, 0.2) is 0 Å². The molecule has 3 N–H and O–H groups in total. The van der Waals surface area contributed by atoms with Crippen molar-refractivity contribution in [2.45, 2.75) is 20.4 Å². The lowest BCUT2D eigenvalue weighted by atomic mass is 10.1. The number of carbonyl (C=O) groups is 1. The number of hydrogen-bond donors (Lipinski definition) is 3. The lowest BCUT2D eigenvalue weighted by Gasteiger charge is -2.10. The van der Waals surface area contributed by atoms with Crippen LogP contribution < -0.4 is 10.6 Å². The summed E-state index contributed by atoms with van der Waals surface area (Å²) in [6.45, 7) is 4.88. The van der Waals surface area contributed by atoms with Gasteiger partial charge >= 0.3 is 0 Å². The van der Waals surface area contributed by atoms with E-state index in [9.17, 15) is 9.90 Å². The molecule has 1 amide bonds. The predicted octanol–water partition coefficient (Wildman–Crippen LogP) is 4.87. The molecule has 4 heteroatoms. The third kappa shape index (κ3) is 4.22. The quantitative estimate of drug-likeness (QED) is 0.577. The van der Waals surface area contributed by atoms with Crippen molar-refractivity contribution in [3.05, 3.63) is 89.0 Å². The van der Waals surface area contributed by atoms with Gasteiger partial charge in [0.2, 0.25) is 0 Å². The highest BCUT2D eigenvalue weighted by Gasteiger charge is 2.08. The van der Waals surface area contributed by atoms with E-state index >= 15 is 0 Å². The van der Waals surface area contributed by atoms with Gasteiger partial charge in [-0.3, -0.25) is 4.79 Å². The summed E-state index contributed by atoms with van der Waals surface area (Å²) in [7, 11) is 0. The first kappa shape index (κ1) is 17.5. The van der Waals surface area contributed by atoms with E-state index < -0.39 is 0 Å². The Morgan fingerprint density at radius 3 is 2.35 bits per heavy atom. The Hall–Kier alpha value is -3.27. The molecule has 3 rings (SSSR count). The highest BCUT2D eigenvalue weighted by molar-refractivity contribution is 6.04. The molecule has 0 unspecified atom stereocenters. The average molecular weight is 346 g/mol. The fourth-order valence-electron chi connectivity index (χ4n) is 2.60. The zero-order valence-corrected chi connectivity index (χ0v) is 14.9. The van der Waals surface area contributed by atoms with Gasteiger partial charge in [-0.25, -0.2) is 0 Å². The molecule has 0 radical (unpaired) electrons. The van der Waals surface area contributed by atoms with E-state index in [1.54, 1.807) is 30.3 Å². The second-order valence-electron chi connectivity index (χ2n) is 6.32. The van der Waals surface area contributed by atoms with Crippen LogP contribution in [0.25, 0.3) is 0 Å². The van der Waals surface area contributed by atoms with Gasteiger partial charge in [-0.1, -0.05) is 30.3 Å². The van der Waals surface area contributed by atoms with Crippen LogP contribution in [0.15, 0.2) is 66.7 Å². The van der Waals surface area contributed by atoms with Crippen LogP contribution in [0.4, 0.5) is 11.4 Å². The van der Waals surface area contributed by atoms with Crippen molar-refractivity contribution in [2.24, 2.45) is 0 Å². The van der Waals surface area contributed by atoms with Crippen LogP contribution in [0.1, 0.15) is 27.0 Å². The number of nitrogens with one attached hydrogen (secondary N) is 2. The van der Waals surface area contributed by atoms with E-state index in [1.165, 1.54) is 17.2 Å². The van der Waals surface area contributed by atoms with Gasteiger partial charge in [-0.2, -0.15) is 0 Å². The van der Waals surface area contributed by atoms with Gasteiger partial charge < -0.3 is 15.7 Å². The predicted molar refractivity (Wildman–Crippen MR) is 106 cm³/mol. The zero-order chi connectivity index (χ0) is 18.5. The van der Waals surface area contributed by atoms with E-state index in [1.807, 2.05) is 12.1 Å². The Kier molecular flexibility index (Phi) is 5.23.